The third-order valence-electron chi connectivity index (χ3n) is 4.22. The zero-order valence-electron chi connectivity index (χ0n) is 16.8. The van der Waals surface area contributed by atoms with E-state index >= 15 is 0 Å². The molecule has 0 spiro atoms. The second-order valence-electron chi connectivity index (χ2n) is 6.31. The summed E-state index contributed by atoms with van der Waals surface area (Å²) in [5.74, 6) is -1.14. The van der Waals surface area contributed by atoms with E-state index in [4.69, 9.17) is 0 Å². The van der Waals surface area contributed by atoms with Gasteiger partial charge in [-0.15, -0.1) is 0 Å². The number of likely N-dealkylation sites (N-methyl/N-ethyl adjacent to an activating group) is 1. The second-order valence-corrected chi connectivity index (χ2v) is 7.47. The fraction of sp³-hybridized carbons (Fsp3) is 0.174. The van der Waals surface area contributed by atoms with Crippen molar-refractivity contribution < 1.29 is 19.1 Å². The van der Waals surface area contributed by atoms with Gasteiger partial charge >= 0.3 is 5.97 Å². The molecule has 0 bridgehead atoms. The number of carbonyl (C=O) groups excluding carboxylic acids is 3. The number of carbonyl (C=O) groups is 3. The molecule has 2 rings (SSSR count). The summed E-state index contributed by atoms with van der Waals surface area (Å²) in [7, 11) is 2.95. The number of ether oxygens (including phenoxy) is 1. The van der Waals surface area contributed by atoms with E-state index in [9.17, 15) is 14.4 Å². The summed E-state index contributed by atoms with van der Waals surface area (Å²) in [5.41, 5.74) is 1.70. The van der Waals surface area contributed by atoms with Crippen LogP contribution >= 0.6 is 22.6 Å². The fourth-order valence-electron chi connectivity index (χ4n) is 2.58. The number of amides is 2. The predicted octanol–water partition coefficient (Wildman–Crippen LogP) is 3.57. The minimum Gasteiger partial charge on any atom is -0.466 e. The fourth-order valence-corrected chi connectivity index (χ4v) is 3.33. The number of nitrogens with zero attached hydrogens (tertiary/aromatic N) is 2. The highest BCUT2D eigenvalue weighted by Gasteiger charge is 2.14. The van der Waals surface area contributed by atoms with Crippen LogP contribution in [0.5, 0.6) is 0 Å². The molecule has 0 N–H and O–H groups in total. The van der Waals surface area contributed by atoms with Crippen molar-refractivity contribution in [3.63, 3.8) is 0 Å². The third kappa shape index (κ3) is 7.14. The van der Waals surface area contributed by atoms with Crippen LogP contribution < -0.4 is 4.90 Å². The van der Waals surface area contributed by atoms with Crippen LogP contribution in [0.4, 0.5) is 5.69 Å². The van der Waals surface area contributed by atoms with E-state index in [0.29, 0.717) is 6.54 Å². The first kappa shape index (κ1) is 23.3. The summed E-state index contributed by atoms with van der Waals surface area (Å²) in [6, 6.07) is 17.0. The van der Waals surface area contributed by atoms with E-state index in [1.807, 2.05) is 54.6 Å². The zero-order chi connectivity index (χ0) is 21.9. The first-order chi connectivity index (χ1) is 14.4. The number of anilines is 1. The topological polar surface area (TPSA) is 66.9 Å². The Bertz CT molecular complexity index is 941. The summed E-state index contributed by atoms with van der Waals surface area (Å²) in [4.78, 5) is 39.6. The largest absolute Gasteiger partial charge is 0.466 e. The molecule has 0 atom stereocenters. The van der Waals surface area contributed by atoms with Gasteiger partial charge in [-0.2, -0.15) is 0 Å². The number of methoxy groups -OCH3 is 1. The Hall–Kier alpha value is -2.94. The van der Waals surface area contributed by atoms with Crippen LogP contribution in [-0.2, 0) is 25.7 Å². The lowest BCUT2D eigenvalue weighted by molar-refractivity contribution is -0.135. The molecule has 0 fully saturated rings. The highest BCUT2D eigenvalue weighted by molar-refractivity contribution is 14.1. The molecular formula is C23H23IN2O4. The van der Waals surface area contributed by atoms with Crippen molar-refractivity contribution in [2.24, 2.45) is 0 Å². The minimum absolute atomic E-state index is 0.202. The maximum atomic E-state index is 12.7. The average Bonchev–Trinajstić information content (AvgIpc) is 2.76. The van der Waals surface area contributed by atoms with Gasteiger partial charge in [0.2, 0.25) is 5.91 Å². The molecule has 30 heavy (non-hydrogen) atoms. The molecule has 0 saturated heterocycles. The molecule has 156 valence electrons. The molecule has 0 heterocycles. The van der Waals surface area contributed by atoms with Crippen LogP contribution in [0.2, 0.25) is 0 Å². The smallest absolute Gasteiger partial charge is 0.330 e. The van der Waals surface area contributed by atoms with Crippen molar-refractivity contribution in [2.45, 2.75) is 6.54 Å². The van der Waals surface area contributed by atoms with E-state index in [0.717, 1.165) is 14.8 Å². The van der Waals surface area contributed by atoms with Crippen molar-refractivity contribution in [1.82, 2.24) is 4.90 Å². The van der Waals surface area contributed by atoms with E-state index in [1.54, 1.807) is 13.1 Å². The van der Waals surface area contributed by atoms with Crippen molar-refractivity contribution in [1.29, 1.82) is 0 Å². The third-order valence-corrected chi connectivity index (χ3v) is 5.13. The lowest BCUT2D eigenvalue weighted by Gasteiger charge is -2.20. The normalized spacial score (nSPS) is 10.9. The molecule has 0 aliphatic carbocycles. The minimum atomic E-state index is -0.494. The Labute approximate surface area is 190 Å². The molecular weight excluding hydrogens is 495 g/mol. The molecule has 0 aromatic heterocycles. The molecule has 2 aromatic rings. The van der Waals surface area contributed by atoms with Crippen LogP contribution in [0.3, 0.4) is 0 Å². The van der Waals surface area contributed by atoms with Gasteiger partial charge in [-0.05, 0) is 40.3 Å². The summed E-state index contributed by atoms with van der Waals surface area (Å²) in [6.07, 6.45) is 5.34. The maximum absolute atomic E-state index is 12.7. The number of esters is 1. The monoisotopic (exact) mass is 518 g/mol. The molecule has 2 aromatic carbocycles. The van der Waals surface area contributed by atoms with E-state index in [1.165, 1.54) is 35.1 Å². The highest BCUT2D eigenvalue weighted by Crippen LogP contribution is 2.21. The van der Waals surface area contributed by atoms with E-state index in [-0.39, 0.29) is 18.4 Å². The van der Waals surface area contributed by atoms with Gasteiger partial charge in [0, 0.05) is 41.9 Å². The zero-order valence-corrected chi connectivity index (χ0v) is 19.0. The summed E-state index contributed by atoms with van der Waals surface area (Å²) < 4.78 is 5.51. The number of hydrogen-bond donors (Lipinski definition) is 0. The molecule has 0 aliphatic rings. The number of rotatable bonds is 8. The summed E-state index contributed by atoms with van der Waals surface area (Å²) in [6.45, 7) is 0.546. The SMILES string of the molecule is COC(=O)/C=C/CN(Cc1ccccc1)C(=O)/C=C/C(=O)N(C)c1ccccc1I. The van der Waals surface area contributed by atoms with Gasteiger partial charge in [-0.3, -0.25) is 9.59 Å². The Morgan fingerprint density at radius 2 is 1.57 bits per heavy atom. The number of para-hydroxylation sites is 1. The van der Waals surface area contributed by atoms with Crippen LogP contribution in [0, 0.1) is 3.57 Å². The Kier molecular flexibility index (Phi) is 9.27. The van der Waals surface area contributed by atoms with Crippen LogP contribution in [0.25, 0.3) is 0 Å². The van der Waals surface area contributed by atoms with Crippen molar-refractivity contribution in [3.05, 3.63) is 88.0 Å². The van der Waals surface area contributed by atoms with Crippen LogP contribution in [-0.4, -0.2) is 43.4 Å². The summed E-state index contributed by atoms with van der Waals surface area (Å²) >= 11 is 2.16. The lowest BCUT2D eigenvalue weighted by Crippen LogP contribution is -2.30. The van der Waals surface area contributed by atoms with Gasteiger partial charge in [-0.25, -0.2) is 4.79 Å². The van der Waals surface area contributed by atoms with Gasteiger partial charge in [0.25, 0.3) is 5.91 Å². The number of halogens is 1. The molecule has 0 saturated carbocycles. The van der Waals surface area contributed by atoms with Crippen molar-refractivity contribution >= 4 is 46.1 Å². The first-order valence-corrected chi connectivity index (χ1v) is 10.3. The average molecular weight is 518 g/mol. The quantitative estimate of drug-likeness (QED) is 0.305. The van der Waals surface area contributed by atoms with E-state index in [2.05, 4.69) is 27.3 Å². The molecule has 0 radical (unpaired) electrons. The molecule has 0 unspecified atom stereocenters. The van der Waals surface area contributed by atoms with Gasteiger partial charge < -0.3 is 14.5 Å². The highest BCUT2D eigenvalue weighted by atomic mass is 127. The van der Waals surface area contributed by atoms with E-state index < -0.39 is 5.97 Å². The van der Waals surface area contributed by atoms with Crippen molar-refractivity contribution in [3.8, 4) is 0 Å². The number of benzene rings is 2. The Morgan fingerprint density at radius 3 is 2.23 bits per heavy atom. The molecule has 6 nitrogen and oxygen atoms in total. The number of hydrogen-bond acceptors (Lipinski definition) is 4. The second kappa shape index (κ2) is 11.9. The Morgan fingerprint density at radius 1 is 0.933 bits per heavy atom. The predicted molar refractivity (Wildman–Crippen MR) is 125 cm³/mol. The molecule has 2 amide bonds. The molecule has 0 aliphatic heterocycles. The maximum Gasteiger partial charge on any atom is 0.330 e. The first-order valence-electron chi connectivity index (χ1n) is 9.20. The van der Waals surface area contributed by atoms with Crippen LogP contribution in [0.1, 0.15) is 5.56 Å². The Balaban J connectivity index is 2.11. The van der Waals surface area contributed by atoms with Crippen molar-refractivity contribution in [2.75, 3.05) is 25.6 Å². The van der Waals surface area contributed by atoms with Gasteiger partial charge in [0.1, 0.15) is 0 Å². The summed E-state index contributed by atoms with van der Waals surface area (Å²) in [5, 5.41) is 0. The standard InChI is InChI=1S/C23H23IN2O4/c1-25(20-12-7-6-11-19(20)24)21(27)14-15-22(28)26(16-8-13-23(29)30-2)17-18-9-4-3-5-10-18/h3-15H,16-17H2,1-2H3/b13-8+,15-14+. The lowest BCUT2D eigenvalue weighted by atomic mass is 10.2. The molecule has 7 heteroatoms. The van der Waals surface area contributed by atoms with Gasteiger partial charge in [-0.1, -0.05) is 48.5 Å². The van der Waals surface area contributed by atoms with Gasteiger partial charge in [0.05, 0.1) is 12.8 Å². The van der Waals surface area contributed by atoms with Gasteiger partial charge in [0.15, 0.2) is 0 Å². The van der Waals surface area contributed by atoms with Crippen LogP contribution in [0.15, 0.2) is 78.9 Å².